The summed E-state index contributed by atoms with van der Waals surface area (Å²) in [5, 5.41) is 0.887. The molecular formula is C22H22ClF3N4O. The van der Waals surface area contributed by atoms with Gasteiger partial charge in [-0.05, 0) is 26.0 Å². The summed E-state index contributed by atoms with van der Waals surface area (Å²) < 4.78 is 38.5. The molecule has 1 atom stereocenters. The lowest BCUT2D eigenvalue weighted by molar-refractivity contribution is -0.137. The first kappa shape index (κ1) is 21.6. The van der Waals surface area contributed by atoms with Crippen LogP contribution in [0.2, 0.25) is 5.02 Å². The third-order valence-electron chi connectivity index (χ3n) is 5.83. The van der Waals surface area contributed by atoms with E-state index in [1.165, 1.54) is 0 Å². The fraction of sp³-hybridized carbons (Fsp3) is 0.364. The zero-order valence-electron chi connectivity index (χ0n) is 17.1. The van der Waals surface area contributed by atoms with Gasteiger partial charge in [0.05, 0.1) is 16.6 Å². The number of hydrogen-bond donors (Lipinski definition) is 1. The van der Waals surface area contributed by atoms with Crippen molar-refractivity contribution >= 4 is 34.1 Å². The van der Waals surface area contributed by atoms with Crippen LogP contribution in [0.25, 0.3) is 10.9 Å². The molecule has 4 rings (SSSR count). The SMILES string of the molecule is Cc1[nH]c2ccccc2c1C(=O)C(C)N1CCN(c2ncc(C(F)(F)F)cc2Cl)CC1. The van der Waals surface area contributed by atoms with E-state index >= 15 is 0 Å². The minimum atomic E-state index is -4.48. The molecular weight excluding hydrogens is 429 g/mol. The third-order valence-corrected chi connectivity index (χ3v) is 6.11. The van der Waals surface area contributed by atoms with Crippen molar-refractivity contribution in [1.29, 1.82) is 0 Å². The number of ketones is 1. The van der Waals surface area contributed by atoms with Crippen LogP contribution in [0.15, 0.2) is 36.5 Å². The van der Waals surface area contributed by atoms with E-state index in [-0.39, 0.29) is 16.8 Å². The summed E-state index contributed by atoms with van der Waals surface area (Å²) in [6.45, 7) is 5.98. The molecule has 1 saturated heterocycles. The molecule has 3 aromatic rings. The maximum absolute atomic E-state index is 13.3. The summed E-state index contributed by atoms with van der Waals surface area (Å²) >= 11 is 6.08. The topological polar surface area (TPSA) is 52.2 Å². The van der Waals surface area contributed by atoms with E-state index in [1.807, 2.05) is 43.0 Å². The van der Waals surface area contributed by atoms with Crippen molar-refractivity contribution in [2.45, 2.75) is 26.1 Å². The fourth-order valence-corrected chi connectivity index (χ4v) is 4.39. The maximum Gasteiger partial charge on any atom is 0.417 e. The first-order valence-electron chi connectivity index (χ1n) is 10.00. The number of nitrogens with one attached hydrogen (secondary N) is 1. The highest BCUT2D eigenvalue weighted by molar-refractivity contribution is 6.33. The molecule has 0 amide bonds. The predicted molar refractivity (Wildman–Crippen MR) is 115 cm³/mol. The zero-order valence-corrected chi connectivity index (χ0v) is 17.9. The van der Waals surface area contributed by atoms with Gasteiger partial charge in [0.1, 0.15) is 5.82 Å². The second kappa shape index (κ2) is 8.16. The molecule has 1 aromatic carbocycles. The van der Waals surface area contributed by atoms with Crippen LogP contribution < -0.4 is 4.90 Å². The molecule has 1 unspecified atom stereocenters. The van der Waals surface area contributed by atoms with Gasteiger partial charge in [0.2, 0.25) is 0 Å². The van der Waals surface area contributed by atoms with Crippen LogP contribution in [0.1, 0.15) is 28.5 Å². The summed E-state index contributed by atoms with van der Waals surface area (Å²) in [6.07, 6.45) is -3.68. The van der Waals surface area contributed by atoms with E-state index in [9.17, 15) is 18.0 Å². The Balaban J connectivity index is 1.46. The molecule has 2 aromatic heterocycles. The van der Waals surface area contributed by atoms with E-state index in [1.54, 1.807) is 0 Å². The number of nitrogens with zero attached hydrogens (tertiary/aromatic N) is 3. The van der Waals surface area contributed by atoms with Crippen molar-refractivity contribution in [1.82, 2.24) is 14.9 Å². The van der Waals surface area contributed by atoms with Crippen LogP contribution in [-0.4, -0.2) is 52.9 Å². The Kier molecular flexibility index (Phi) is 5.70. The van der Waals surface area contributed by atoms with Crippen LogP contribution in [0.5, 0.6) is 0 Å². The molecule has 1 N–H and O–H groups in total. The van der Waals surface area contributed by atoms with Crippen LogP contribution >= 0.6 is 11.6 Å². The molecule has 1 aliphatic heterocycles. The number of halogens is 4. The molecule has 0 radical (unpaired) electrons. The molecule has 0 spiro atoms. The van der Waals surface area contributed by atoms with E-state index in [0.29, 0.717) is 37.6 Å². The molecule has 0 saturated carbocycles. The predicted octanol–water partition coefficient (Wildman–Crippen LogP) is 4.94. The van der Waals surface area contributed by atoms with Crippen LogP contribution in [0.3, 0.4) is 0 Å². The summed E-state index contributed by atoms with van der Waals surface area (Å²) in [7, 11) is 0. The number of H-pyrrole nitrogens is 1. The number of Topliss-reactive ketones (excluding diaryl/α,β-unsaturated/α-hetero) is 1. The summed E-state index contributed by atoms with van der Waals surface area (Å²) in [5.41, 5.74) is 1.62. The van der Waals surface area contributed by atoms with Gasteiger partial charge < -0.3 is 9.88 Å². The van der Waals surface area contributed by atoms with Crippen LogP contribution in [0.4, 0.5) is 19.0 Å². The molecule has 1 aliphatic rings. The number of aryl methyl sites for hydroxylation is 1. The van der Waals surface area contributed by atoms with E-state index in [2.05, 4.69) is 14.9 Å². The van der Waals surface area contributed by atoms with Gasteiger partial charge in [0, 0.05) is 54.5 Å². The van der Waals surface area contributed by atoms with Crippen molar-refractivity contribution in [3.8, 4) is 0 Å². The van der Waals surface area contributed by atoms with Gasteiger partial charge >= 0.3 is 6.18 Å². The molecule has 9 heteroatoms. The molecule has 1 fully saturated rings. The van der Waals surface area contributed by atoms with Crippen molar-refractivity contribution in [3.63, 3.8) is 0 Å². The van der Waals surface area contributed by atoms with Crippen molar-refractivity contribution < 1.29 is 18.0 Å². The fourth-order valence-electron chi connectivity index (χ4n) is 4.11. The number of para-hydroxylation sites is 1. The lowest BCUT2D eigenvalue weighted by Gasteiger charge is -2.38. The van der Waals surface area contributed by atoms with E-state index < -0.39 is 11.7 Å². The molecule has 0 aliphatic carbocycles. The molecule has 5 nitrogen and oxygen atoms in total. The average Bonchev–Trinajstić information content (AvgIpc) is 3.08. The Morgan fingerprint density at radius 1 is 1.19 bits per heavy atom. The van der Waals surface area contributed by atoms with Crippen LogP contribution in [0, 0.1) is 6.92 Å². The van der Waals surface area contributed by atoms with Gasteiger partial charge in [-0.2, -0.15) is 13.2 Å². The number of hydrogen-bond acceptors (Lipinski definition) is 4. The van der Waals surface area contributed by atoms with E-state index in [0.717, 1.165) is 28.9 Å². The quantitative estimate of drug-likeness (QED) is 0.572. The number of benzene rings is 1. The van der Waals surface area contributed by atoms with Gasteiger partial charge in [-0.15, -0.1) is 0 Å². The second-order valence-electron chi connectivity index (χ2n) is 7.76. The highest BCUT2D eigenvalue weighted by Crippen LogP contribution is 2.34. The Morgan fingerprint density at radius 3 is 2.52 bits per heavy atom. The number of aromatic nitrogens is 2. The standard InChI is InChI=1S/C22H22ClF3N4O/c1-13-19(16-5-3-4-6-18(16)28-13)20(31)14(2)29-7-9-30(10-8-29)21-17(23)11-15(12-27-21)22(24,25)26/h3-6,11-12,14,28H,7-10H2,1-2H3. The van der Waals surface area contributed by atoms with Gasteiger partial charge in [0.25, 0.3) is 0 Å². The molecule has 3 heterocycles. The Bertz CT molecular complexity index is 1120. The molecule has 31 heavy (non-hydrogen) atoms. The summed E-state index contributed by atoms with van der Waals surface area (Å²) in [6, 6.07) is 8.31. The number of carbonyl (C=O) groups is 1. The highest BCUT2D eigenvalue weighted by atomic mass is 35.5. The summed E-state index contributed by atoms with van der Waals surface area (Å²) in [4.78, 5) is 24.4. The first-order valence-corrected chi connectivity index (χ1v) is 10.4. The normalized spacial score (nSPS) is 16.6. The van der Waals surface area contributed by atoms with Gasteiger partial charge in [-0.25, -0.2) is 4.98 Å². The number of rotatable bonds is 4. The average molecular weight is 451 g/mol. The monoisotopic (exact) mass is 450 g/mol. The number of pyridine rings is 1. The van der Waals surface area contributed by atoms with Gasteiger partial charge in [0.15, 0.2) is 5.78 Å². The Labute approximate surface area is 182 Å². The number of carbonyl (C=O) groups excluding carboxylic acids is 1. The van der Waals surface area contributed by atoms with Gasteiger partial charge in [-0.1, -0.05) is 29.8 Å². The number of piperazine rings is 1. The first-order chi connectivity index (χ1) is 14.7. The van der Waals surface area contributed by atoms with Crippen LogP contribution in [-0.2, 0) is 6.18 Å². The minimum absolute atomic E-state index is 0.0261. The van der Waals surface area contributed by atoms with Crippen molar-refractivity contribution in [2.75, 3.05) is 31.1 Å². The largest absolute Gasteiger partial charge is 0.417 e. The third kappa shape index (κ3) is 4.14. The van der Waals surface area contributed by atoms with Gasteiger partial charge in [-0.3, -0.25) is 9.69 Å². The highest BCUT2D eigenvalue weighted by Gasteiger charge is 2.33. The summed E-state index contributed by atoms with van der Waals surface area (Å²) in [5.74, 6) is 0.384. The second-order valence-corrected chi connectivity index (χ2v) is 8.17. The molecule has 0 bridgehead atoms. The smallest absolute Gasteiger partial charge is 0.358 e. The van der Waals surface area contributed by atoms with Crippen molar-refractivity contribution in [3.05, 3.63) is 58.4 Å². The van der Waals surface area contributed by atoms with Crippen molar-refractivity contribution in [2.24, 2.45) is 0 Å². The maximum atomic E-state index is 13.3. The number of alkyl halides is 3. The molecule has 164 valence electrons. The minimum Gasteiger partial charge on any atom is -0.358 e. The lowest BCUT2D eigenvalue weighted by atomic mass is 10.0. The zero-order chi connectivity index (χ0) is 22.3. The number of fused-ring (bicyclic) bond motifs is 1. The Morgan fingerprint density at radius 2 is 1.87 bits per heavy atom. The number of aromatic amines is 1. The van der Waals surface area contributed by atoms with E-state index in [4.69, 9.17) is 11.6 Å². The Hall–Kier alpha value is -2.58. The lowest BCUT2D eigenvalue weighted by Crippen LogP contribution is -2.52. The number of anilines is 1.